The number of rotatable bonds is 6. The third kappa shape index (κ3) is 5.83. The molecule has 2 N–H and O–H groups in total. The lowest BCUT2D eigenvalue weighted by atomic mass is 10.2. The van der Waals surface area contributed by atoms with Gasteiger partial charge in [-0.15, -0.1) is 0 Å². The fourth-order valence-corrected chi connectivity index (χ4v) is 0.784. The number of hydrogen-bond acceptors (Lipinski definition) is 4. The zero-order chi connectivity index (χ0) is 10.8. The minimum absolute atomic E-state index is 0.100. The molecule has 1 amide bonds. The van der Waals surface area contributed by atoms with Gasteiger partial charge in [0, 0.05) is 25.0 Å². The predicted molar refractivity (Wildman–Crippen MR) is 50.1 cm³/mol. The van der Waals surface area contributed by atoms with E-state index in [1.54, 1.807) is 0 Å². The molecular formula is C7H12N6O. The Morgan fingerprint density at radius 1 is 1.79 bits per heavy atom. The number of amides is 1. The molecule has 7 nitrogen and oxygen atoms in total. The third-order valence-electron chi connectivity index (χ3n) is 1.49. The highest BCUT2D eigenvalue weighted by Crippen LogP contribution is 1.89. The van der Waals surface area contributed by atoms with E-state index < -0.39 is 6.04 Å². The van der Waals surface area contributed by atoms with E-state index in [4.69, 9.17) is 10.8 Å². The molecule has 0 rings (SSSR count). The Kier molecular flexibility index (Phi) is 6.86. The monoisotopic (exact) mass is 196 g/mol. The van der Waals surface area contributed by atoms with Gasteiger partial charge in [-0.1, -0.05) is 5.11 Å². The van der Waals surface area contributed by atoms with Crippen LogP contribution in [0.1, 0.15) is 6.42 Å². The van der Waals surface area contributed by atoms with Gasteiger partial charge in [0.1, 0.15) is 6.04 Å². The molecule has 1 unspecified atom stereocenters. The quantitative estimate of drug-likeness (QED) is 0.268. The summed E-state index contributed by atoms with van der Waals surface area (Å²) in [5.74, 6) is -0.201. The van der Waals surface area contributed by atoms with Crippen molar-refractivity contribution in [1.29, 1.82) is 5.26 Å². The van der Waals surface area contributed by atoms with E-state index in [0.29, 0.717) is 6.54 Å². The van der Waals surface area contributed by atoms with Gasteiger partial charge in [-0.3, -0.25) is 4.79 Å². The van der Waals surface area contributed by atoms with Gasteiger partial charge in [0.2, 0.25) is 5.91 Å². The topological polar surface area (TPSA) is 114 Å². The molecule has 0 heterocycles. The highest BCUT2D eigenvalue weighted by molar-refractivity contribution is 5.76. The summed E-state index contributed by atoms with van der Waals surface area (Å²) in [5, 5.41) is 17.1. The van der Waals surface area contributed by atoms with Crippen LogP contribution in [0.3, 0.4) is 0 Å². The maximum Gasteiger partial charge on any atom is 0.222 e. The lowest BCUT2D eigenvalue weighted by molar-refractivity contribution is -0.120. The molecule has 0 bridgehead atoms. The summed E-state index contributed by atoms with van der Waals surface area (Å²) < 4.78 is 0. The number of azide groups is 1. The van der Waals surface area contributed by atoms with Crippen molar-refractivity contribution in [2.75, 3.05) is 20.1 Å². The highest BCUT2D eigenvalue weighted by atomic mass is 16.1. The molecule has 76 valence electrons. The average Bonchev–Trinajstić information content (AvgIpc) is 2.22. The van der Waals surface area contributed by atoms with Gasteiger partial charge in [0.15, 0.2) is 0 Å². The first-order valence-corrected chi connectivity index (χ1v) is 4.09. The number of nitrogens with zero attached hydrogens (tertiary/aromatic N) is 4. The summed E-state index contributed by atoms with van der Waals surface area (Å²) >= 11 is 0. The van der Waals surface area contributed by atoms with E-state index >= 15 is 0 Å². The molecule has 0 saturated heterocycles. The van der Waals surface area contributed by atoms with Crippen molar-refractivity contribution in [1.82, 2.24) is 10.6 Å². The van der Waals surface area contributed by atoms with E-state index in [9.17, 15) is 4.79 Å². The maximum atomic E-state index is 10.9. The van der Waals surface area contributed by atoms with Crippen LogP contribution >= 0.6 is 0 Å². The van der Waals surface area contributed by atoms with Crippen molar-refractivity contribution in [3.8, 4) is 6.07 Å². The average molecular weight is 196 g/mol. The molecule has 0 aliphatic carbocycles. The number of nitriles is 1. The van der Waals surface area contributed by atoms with Crippen molar-refractivity contribution < 1.29 is 4.79 Å². The summed E-state index contributed by atoms with van der Waals surface area (Å²) in [7, 11) is 1.51. The second-order valence-electron chi connectivity index (χ2n) is 2.47. The van der Waals surface area contributed by atoms with E-state index in [1.165, 1.54) is 7.05 Å². The Labute approximate surface area is 81.7 Å². The Bertz CT molecular complexity index is 264. The Balaban J connectivity index is 3.75. The van der Waals surface area contributed by atoms with Crippen LogP contribution < -0.4 is 10.6 Å². The number of hydrogen-bond donors (Lipinski definition) is 2. The first-order chi connectivity index (χ1) is 6.74. The van der Waals surface area contributed by atoms with Crippen molar-refractivity contribution in [2.45, 2.75) is 12.5 Å². The molecule has 0 saturated carbocycles. The molecule has 0 fully saturated rings. The molecule has 14 heavy (non-hydrogen) atoms. The summed E-state index contributed by atoms with van der Waals surface area (Å²) in [6.07, 6.45) is 0.100. The lowest BCUT2D eigenvalue weighted by Gasteiger charge is -2.08. The molecular weight excluding hydrogens is 184 g/mol. The third-order valence-corrected chi connectivity index (χ3v) is 1.49. The van der Waals surface area contributed by atoms with E-state index in [-0.39, 0.29) is 18.9 Å². The molecule has 0 aliphatic heterocycles. The fourth-order valence-electron chi connectivity index (χ4n) is 0.784. The smallest absolute Gasteiger partial charge is 0.222 e. The molecule has 1 atom stereocenters. The van der Waals surface area contributed by atoms with Crippen LogP contribution in [-0.2, 0) is 4.79 Å². The minimum atomic E-state index is -0.538. The molecule has 7 heteroatoms. The zero-order valence-electron chi connectivity index (χ0n) is 7.90. The molecule has 0 aromatic heterocycles. The van der Waals surface area contributed by atoms with Gasteiger partial charge >= 0.3 is 0 Å². The second-order valence-corrected chi connectivity index (χ2v) is 2.47. The van der Waals surface area contributed by atoms with Crippen LogP contribution in [0.15, 0.2) is 5.11 Å². The van der Waals surface area contributed by atoms with Crippen LogP contribution in [0.2, 0.25) is 0 Å². The van der Waals surface area contributed by atoms with Crippen molar-refractivity contribution in [2.24, 2.45) is 5.11 Å². The first-order valence-electron chi connectivity index (χ1n) is 4.09. The second kappa shape index (κ2) is 7.86. The van der Waals surface area contributed by atoms with Gasteiger partial charge < -0.3 is 10.6 Å². The van der Waals surface area contributed by atoms with Crippen LogP contribution in [0.25, 0.3) is 10.4 Å². The summed E-state index contributed by atoms with van der Waals surface area (Å²) in [6.45, 7) is 0.654. The van der Waals surface area contributed by atoms with Crippen molar-refractivity contribution in [3.05, 3.63) is 10.4 Å². The number of carbonyl (C=O) groups excluding carboxylic acids is 1. The van der Waals surface area contributed by atoms with Gasteiger partial charge in [-0.25, -0.2) is 0 Å². The van der Waals surface area contributed by atoms with Gasteiger partial charge in [-0.05, 0) is 5.53 Å². The molecule has 0 aromatic rings. The largest absolute Gasteiger partial charge is 0.359 e. The summed E-state index contributed by atoms with van der Waals surface area (Å²) in [6, 6.07) is 1.40. The molecule has 0 aromatic carbocycles. The minimum Gasteiger partial charge on any atom is -0.359 e. The molecule has 0 aliphatic rings. The normalized spacial score (nSPS) is 10.9. The Hall–Kier alpha value is -1.77. The van der Waals surface area contributed by atoms with Gasteiger partial charge in [0.25, 0.3) is 0 Å². The van der Waals surface area contributed by atoms with Crippen molar-refractivity contribution >= 4 is 5.91 Å². The van der Waals surface area contributed by atoms with Crippen LogP contribution in [0.5, 0.6) is 0 Å². The zero-order valence-corrected chi connectivity index (χ0v) is 7.90. The maximum absolute atomic E-state index is 10.9. The van der Waals surface area contributed by atoms with E-state index in [1.807, 2.05) is 6.07 Å². The molecule has 0 radical (unpaired) electrons. The van der Waals surface area contributed by atoms with Crippen molar-refractivity contribution in [3.63, 3.8) is 0 Å². The van der Waals surface area contributed by atoms with Crippen LogP contribution in [0, 0.1) is 11.3 Å². The summed E-state index contributed by atoms with van der Waals surface area (Å²) in [4.78, 5) is 13.4. The van der Waals surface area contributed by atoms with E-state index in [0.717, 1.165) is 0 Å². The Morgan fingerprint density at radius 3 is 3.00 bits per heavy atom. The van der Waals surface area contributed by atoms with Crippen LogP contribution in [-0.4, -0.2) is 32.1 Å². The lowest BCUT2D eigenvalue weighted by Crippen LogP contribution is -2.34. The standard InChI is InChI=1S/C7H12N6O/c1-10-7(14)4-6(5-8)11-2-3-12-13-9/h6,11H,2-4H2,1H3,(H,10,14). The SMILES string of the molecule is CNC(=O)CC(C#N)NCCN=[N+]=[N-]. The molecule has 0 spiro atoms. The summed E-state index contributed by atoms with van der Waals surface area (Å²) in [5.41, 5.74) is 7.97. The predicted octanol–water partition coefficient (Wildman–Crippen LogP) is -0.0854. The number of carbonyl (C=O) groups is 1. The Morgan fingerprint density at radius 2 is 2.50 bits per heavy atom. The van der Waals surface area contributed by atoms with E-state index in [2.05, 4.69) is 20.7 Å². The highest BCUT2D eigenvalue weighted by Gasteiger charge is 2.10. The van der Waals surface area contributed by atoms with Crippen LogP contribution in [0.4, 0.5) is 0 Å². The first kappa shape index (κ1) is 12.2. The number of nitrogens with one attached hydrogen (secondary N) is 2. The van der Waals surface area contributed by atoms with Gasteiger partial charge in [-0.2, -0.15) is 5.26 Å². The van der Waals surface area contributed by atoms with Gasteiger partial charge in [0.05, 0.1) is 12.5 Å². The fraction of sp³-hybridized carbons (Fsp3) is 0.714.